The number of halogens is 3. The normalized spacial score (nSPS) is 10.9. The molecule has 0 heterocycles. The minimum absolute atomic E-state index is 0.503. The molecule has 0 unspecified atom stereocenters. The van der Waals surface area contributed by atoms with Crippen LogP contribution in [-0.4, -0.2) is 5.88 Å². The maximum atomic E-state index is 5.92. The van der Waals surface area contributed by atoms with Crippen molar-refractivity contribution < 1.29 is 0 Å². The van der Waals surface area contributed by atoms with E-state index in [2.05, 4.69) is 15.9 Å². The van der Waals surface area contributed by atoms with E-state index in [1.165, 1.54) is 0 Å². The van der Waals surface area contributed by atoms with E-state index in [0.717, 1.165) is 15.1 Å². The molecule has 0 aliphatic carbocycles. The topological polar surface area (TPSA) is 0 Å². The Morgan fingerprint density at radius 2 is 2.17 bits per heavy atom. The van der Waals surface area contributed by atoms with Crippen LogP contribution in [0.15, 0.2) is 28.7 Å². The summed E-state index contributed by atoms with van der Waals surface area (Å²) in [4.78, 5) is 0. The molecular weight excluding hydrogens is 259 g/mol. The summed E-state index contributed by atoms with van der Waals surface area (Å²) in [6.07, 6.45) is 3.76. The lowest BCUT2D eigenvalue weighted by Crippen LogP contribution is -1.75. The Bertz CT molecular complexity index is 295. The minimum Gasteiger partial charge on any atom is -0.122 e. The van der Waals surface area contributed by atoms with Gasteiger partial charge in [-0.1, -0.05) is 39.7 Å². The fraction of sp³-hybridized carbons (Fsp3) is 0.111. The molecule has 0 aliphatic heterocycles. The first-order chi connectivity index (χ1) is 5.74. The Morgan fingerprint density at radius 3 is 2.83 bits per heavy atom. The van der Waals surface area contributed by atoms with Crippen molar-refractivity contribution >= 4 is 45.2 Å². The first kappa shape index (κ1) is 10.1. The Morgan fingerprint density at radius 1 is 1.42 bits per heavy atom. The highest BCUT2D eigenvalue weighted by Gasteiger charge is 1.95. The number of benzene rings is 1. The Labute approximate surface area is 90.3 Å². The van der Waals surface area contributed by atoms with Crippen molar-refractivity contribution in [1.82, 2.24) is 0 Å². The smallest absolute Gasteiger partial charge is 0.0479 e. The van der Waals surface area contributed by atoms with E-state index in [1.807, 2.05) is 30.4 Å². The van der Waals surface area contributed by atoms with E-state index in [9.17, 15) is 0 Å². The van der Waals surface area contributed by atoms with Crippen molar-refractivity contribution in [1.29, 1.82) is 0 Å². The van der Waals surface area contributed by atoms with Gasteiger partial charge in [0.05, 0.1) is 0 Å². The maximum Gasteiger partial charge on any atom is 0.0479 e. The fourth-order valence-electron chi connectivity index (χ4n) is 0.814. The van der Waals surface area contributed by atoms with E-state index in [0.29, 0.717) is 5.88 Å². The predicted octanol–water partition coefficient (Wildman–Crippen LogP) is 4.35. The first-order valence-electron chi connectivity index (χ1n) is 3.41. The van der Waals surface area contributed by atoms with Crippen LogP contribution in [0.3, 0.4) is 0 Å². The van der Waals surface area contributed by atoms with Crippen molar-refractivity contribution in [2.24, 2.45) is 0 Å². The Balaban J connectivity index is 2.97. The summed E-state index contributed by atoms with van der Waals surface area (Å²) in [5.41, 5.74) is 0.978. The lowest BCUT2D eigenvalue weighted by molar-refractivity contribution is 1.60. The molecule has 12 heavy (non-hydrogen) atoms. The monoisotopic (exact) mass is 264 g/mol. The van der Waals surface area contributed by atoms with Crippen LogP contribution in [0.4, 0.5) is 0 Å². The van der Waals surface area contributed by atoms with Gasteiger partial charge in [-0.3, -0.25) is 0 Å². The van der Waals surface area contributed by atoms with Crippen LogP contribution < -0.4 is 0 Å². The van der Waals surface area contributed by atoms with Gasteiger partial charge >= 0.3 is 0 Å². The highest BCUT2D eigenvalue weighted by atomic mass is 79.9. The zero-order chi connectivity index (χ0) is 8.97. The molecule has 0 aliphatic rings. The molecule has 0 bridgehead atoms. The number of alkyl halides is 1. The summed E-state index contributed by atoms with van der Waals surface area (Å²) in [6, 6.07) is 5.70. The zero-order valence-corrected chi connectivity index (χ0v) is 9.33. The van der Waals surface area contributed by atoms with Gasteiger partial charge in [-0.25, -0.2) is 0 Å². The molecule has 64 valence electrons. The Hall–Kier alpha value is 0.0200. The number of hydrogen-bond donors (Lipinski definition) is 0. The van der Waals surface area contributed by atoms with Gasteiger partial charge in [0.25, 0.3) is 0 Å². The molecule has 3 heteroatoms. The molecule has 1 aromatic rings. The Kier molecular flexibility index (Phi) is 4.13. The van der Waals surface area contributed by atoms with Crippen LogP contribution in [-0.2, 0) is 0 Å². The van der Waals surface area contributed by atoms with Gasteiger partial charge in [0, 0.05) is 15.4 Å². The molecule has 0 fully saturated rings. The molecule has 0 spiro atoms. The third kappa shape index (κ3) is 2.81. The second-order valence-electron chi connectivity index (χ2n) is 2.22. The van der Waals surface area contributed by atoms with Crippen LogP contribution in [0.2, 0.25) is 5.02 Å². The molecule has 0 amide bonds. The molecule has 0 saturated carbocycles. The van der Waals surface area contributed by atoms with E-state index >= 15 is 0 Å². The molecule has 0 N–H and O–H groups in total. The minimum atomic E-state index is 0.503. The van der Waals surface area contributed by atoms with Crippen LogP contribution in [0, 0.1) is 0 Å². The quantitative estimate of drug-likeness (QED) is 0.698. The second-order valence-corrected chi connectivity index (χ2v) is 3.85. The standard InChI is InChI=1S/C9H7BrCl2/c10-8-3-4-9(12)7(6-8)2-1-5-11/h1-4,6H,5H2. The van der Waals surface area contributed by atoms with E-state index in [-0.39, 0.29) is 0 Å². The molecule has 0 radical (unpaired) electrons. The van der Waals surface area contributed by atoms with Crippen molar-refractivity contribution in [3.63, 3.8) is 0 Å². The molecule has 1 aromatic carbocycles. The maximum absolute atomic E-state index is 5.92. The van der Waals surface area contributed by atoms with Gasteiger partial charge in [0.2, 0.25) is 0 Å². The SMILES string of the molecule is ClCC=Cc1cc(Br)ccc1Cl. The summed E-state index contributed by atoms with van der Waals surface area (Å²) >= 11 is 14.8. The zero-order valence-electron chi connectivity index (χ0n) is 6.23. The van der Waals surface area contributed by atoms with Gasteiger partial charge in [-0.15, -0.1) is 11.6 Å². The lowest BCUT2D eigenvalue weighted by atomic mass is 10.2. The van der Waals surface area contributed by atoms with Gasteiger partial charge in [-0.05, 0) is 23.8 Å². The fourth-order valence-corrected chi connectivity index (χ4v) is 1.46. The van der Waals surface area contributed by atoms with Crippen LogP contribution >= 0.6 is 39.1 Å². The molecule has 0 saturated heterocycles. The van der Waals surface area contributed by atoms with E-state index < -0.39 is 0 Å². The highest BCUT2D eigenvalue weighted by molar-refractivity contribution is 9.10. The molecule has 0 aromatic heterocycles. The van der Waals surface area contributed by atoms with Crippen LogP contribution in [0.5, 0.6) is 0 Å². The highest BCUT2D eigenvalue weighted by Crippen LogP contribution is 2.21. The largest absolute Gasteiger partial charge is 0.122 e. The summed E-state index contributed by atoms with van der Waals surface area (Å²) in [5, 5.41) is 0.736. The molecular formula is C9H7BrCl2. The van der Waals surface area contributed by atoms with Gasteiger partial charge < -0.3 is 0 Å². The van der Waals surface area contributed by atoms with Crippen LogP contribution in [0.1, 0.15) is 5.56 Å². The summed E-state index contributed by atoms with van der Waals surface area (Å²) in [7, 11) is 0. The van der Waals surface area contributed by atoms with Crippen molar-refractivity contribution in [3.8, 4) is 0 Å². The summed E-state index contributed by atoms with van der Waals surface area (Å²) < 4.78 is 1.01. The number of hydrogen-bond acceptors (Lipinski definition) is 0. The van der Waals surface area contributed by atoms with E-state index in [4.69, 9.17) is 23.2 Å². The van der Waals surface area contributed by atoms with Crippen molar-refractivity contribution in [2.75, 3.05) is 5.88 Å². The van der Waals surface area contributed by atoms with Crippen molar-refractivity contribution in [2.45, 2.75) is 0 Å². The predicted molar refractivity (Wildman–Crippen MR) is 58.9 cm³/mol. The summed E-state index contributed by atoms with van der Waals surface area (Å²) in [6.45, 7) is 0. The molecule has 0 nitrogen and oxygen atoms in total. The third-order valence-corrected chi connectivity index (χ3v) is 2.36. The molecule has 1 rings (SSSR count). The van der Waals surface area contributed by atoms with E-state index in [1.54, 1.807) is 0 Å². The second kappa shape index (κ2) is 4.90. The third-order valence-electron chi connectivity index (χ3n) is 1.34. The lowest BCUT2D eigenvalue weighted by Gasteiger charge is -1.97. The molecule has 0 atom stereocenters. The number of rotatable bonds is 2. The van der Waals surface area contributed by atoms with Gasteiger partial charge in [0.15, 0.2) is 0 Å². The first-order valence-corrected chi connectivity index (χ1v) is 5.12. The van der Waals surface area contributed by atoms with Gasteiger partial charge in [-0.2, -0.15) is 0 Å². The van der Waals surface area contributed by atoms with Crippen molar-refractivity contribution in [3.05, 3.63) is 39.3 Å². The van der Waals surface area contributed by atoms with Gasteiger partial charge in [0.1, 0.15) is 0 Å². The average Bonchev–Trinajstić information content (AvgIpc) is 2.07. The number of allylic oxidation sites excluding steroid dienone is 1. The van der Waals surface area contributed by atoms with Crippen LogP contribution in [0.25, 0.3) is 6.08 Å². The average molecular weight is 266 g/mol. The summed E-state index contributed by atoms with van der Waals surface area (Å²) in [5.74, 6) is 0.503.